The van der Waals surface area contributed by atoms with E-state index in [1.807, 2.05) is 6.07 Å². The van der Waals surface area contributed by atoms with Gasteiger partial charge < -0.3 is 16.0 Å². The molecule has 0 saturated carbocycles. The molecule has 13 heavy (non-hydrogen) atoms. The molecule has 1 unspecified atom stereocenters. The van der Waals surface area contributed by atoms with Crippen molar-refractivity contribution in [2.75, 3.05) is 31.7 Å². The first-order chi connectivity index (χ1) is 6.09. The Morgan fingerprint density at radius 1 is 1.69 bits per heavy atom. The van der Waals surface area contributed by atoms with Crippen molar-refractivity contribution in [1.29, 1.82) is 0 Å². The van der Waals surface area contributed by atoms with Gasteiger partial charge >= 0.3 is 0 Å². The van der Waals surface area contributed by atoms with Crippen LogP contribution in [-0.4, -0.2) is 36.0 Å². The van der Waals surface area contributed by atoms with Crippen LogP contribution in [0.15, 0.2) is 6.07 Å². The standard InChI is InChI=1S/C8H16N4S/c1-6(12(2)3)5-10-8-4-7(9)11-13-8/h4,6,10H,5H2,1-3H3,(H2,9,11). The Hall–Kier alpha value is -0.810. The minimum Gasteiger partial charge on any atom is -0.383 e. The maximum Gasteiger partial charge on any atom is 0.139 e. The van der Waals surface area contributed by atoms with E-state index in [0.29, 0.717) is 11.9 Å². The number of hydrogen-bond acceptors (Lipinski definition) is 5. The number of nitrogens with one attached hydrogen (secondary N) is 1. The summed E-state index contributed by atoms with van der Waals surface area (Å²) in [4.78, 5) is 2.16. The minimum absolute atomic E-state index is 0.503. The van der Waals surface area contributed by atoms with Crippen molar-refractivity contribution in [3.8, 4) is 0 Å². The Balaban J connectivity index is 2.35. The Morgan fingerprint density at radius 3 is 2.85 bits per heavy atom. The summed E-state index contributed by atoms with van der Waals surface area (Å²) in [6.45, 7) is 3.08. The molecule has 0 aromatic carbocycles. The van der Waals surface area contributed by atoms with Crippen molar-refractivity contribution >= 4 is 22.4 Å². The molecule has 1 rings (SSSR count). The molecule has 0 saturated heterocycles. The smallest absolute Gasteiger partial charge is 0.139 e. The lowest BCUT2D eigenvalue weighted by Crippen LogP contribution is -2.31. The van der Waals surface area contributed by atoms with Gasteiger partial charge in [-0.05, 0) is 32.6 Å². The largest absolute Gasteiger partial charge is 0.383 e. The SMILES string of the molecule is CC(CNc1cc(N)ns1)N(C)C. The summed E-state index contributed by atoms with van der Waals surface area (Å²) < 4.78 is 3.98. The van der Waals surface area contributed by atoms with Crippen molar-refractivity contribution in [1.82, 2.24) is 9.27 Å². The van der Waals surface area contributed by atoms with Gasteiger partial charge in [0.25, 0.3) is 0 Å². The van der Waals surface area contributed by atoms with Gasteiger partial charge in [-0.3, -0.25) is 0 Å². The van der Waals surface area contributed by atoms with Crippen LogP contribution in [0.25, 0.3) is 0 Å². The van der Waals surface area contributed by atoms with Gasteiger partial charge in [0.2, 0.25) is 0 Å². The zero-order chi connectivity index (χ0) is 9.84. The molecule has 3 N–H and O–H groups in total. The highest BCUT2D eigenvalue weighted by Crippen LogP contribution is 2.17. The summed E-state index contributed by atoms with van der Waals surface area (Å²) in [5.41, 5.74) is 5.49. The quantitative estimate of drug-likeness (QED) is 0.764. The monoisotopic (exact) mass is 200 g/mol. The molecule has 74 valence electrons. The Bertz CT molecular complexity index is 258. The second kappa shape index (κ2) is 4.43. The molecule has 0 aliphatic rings. The summed E-state index contributed by atoms with van der Waals surface area (Å²) >= 11 is 1.40. The predicted molar refractivity (Wildman–Crippen MR) is 58.2 cm³/mol. The van der Waals surface area contributed by atoms with Crippen LogP contribution in [0.4, 0.5) is 10.8 Å². The number of rotatable bonds is 4. The fourth-order valence-corrected chi connectivity index (χ4v) is 1.38. The summed E-state index contributed by atoms with van der Waals surface area (Å²) in [5.74, 6) is 0.588. The molecule has 1 atom stereocenters. The Morgan fingerprint density at radius 2 is 2.38 bits per heavy atom. The average Bonchev–Trinajstić information content (AvgIpc) is 2.47. The molecule has 0 amide bonds. The highest BCUT2D eigenvalue weighted by molar-refractivity contribution is 7.10. The molecule has 0 radical (unpaired) electrons. The molecule has 5 heteroatoms. The van der Waals surface area contributed by atoms with Gasteiger partial charge in [0, 0.05) is 18.7 Å². The van der Waals surface area contributed by atoms with Crippen molar-refractivity contribution in [3.63, 3.8) is 0 Å². The lowest BCUT2D eigenvalue weighted by Gasteiger charge is -2.19. The number of aromatic nitrogens is 1. The van der Waals surface area contributed by atoms with Crippen molar-refractivity contribution in [2.45, 2.75) is 13.0 Å². The Kier molecular flexibility index (Phi) is 3.50. The van der Waals surface area contributed by atoms with Gasteiger partial charge in [0.15, 0.2) is 0 Å². The van der Waals surface area contributed by atoms with Gasteiger partial charge in [0.05, 0.1) is 0 Å². The average molecular weight is 200 g/mol. The lowest BCUT2D eigenvalue weighted by atomic mass is 10.3. The van der Waals surface area contributed by atoms with Gasteiger partial charge in [-0.15, -0.1) is 0 Å². The molecular weight excluding hydrogens is 184 g/mol. The van der Waals surface area contributed by atoms with Crippen LogP contribution in [0.1, 0.15) is 6.92 Å². The second-order valence-corrected chi connectivity index (χ2v) is 4.11. The van der Waals surface area contributed by atoms with Gasteiger partial charge in [-0.25, -0.2) is 0 Å². The normalized spacial score (nSPS) is 13.2. The van der Waals surface area contributed by atoms with E-state index < -0.39 is 0 Å². The lowest BCUT2D eigenvalue weighted by molar-refractivity contribution is 0.326. The first-order valence-electron chi connectivity index (χ1n) is 4.22. The van der Waals surface area contributed by atoms with E-state index in [0.717, 1.165) is 11.5 Å². The molecule has 0 spiro atoms. The van der Waals surface area contributed by atoms with Crippen molar-refractivity contribution in [3.05, 3.63) is 6.07 Å². The van der Waals surface area contributed by atoms with Crippen LogP contribution in [0, 0.1) is 0 Å². The first-order valence-corrected chi connectivity index (χ1v) is 4.99. The predicted octanol–water partition coefficient (Wildman–Crippen LogP) is 1.09. The third-order valence-electron chi connectivity index (χ3n) is 1.98. The molecule has 4 nitrogen and oxygen atoms in total. The van der Waals surface area contributed by atoms with Crippen LogP contribution in [0.2, 0.25) is 0 Å². The number of nitrogens with two attached hydrogens (primary N) is 1. The minimum atomic E-state index is 0.503. The van der Waals surface area contributed by atoms with Crippen LogP contribution in [0.5, 0.6) is 0 Å². The van der Waals surface area contributed by atoms with Gasteiger partial charge in [0.1, 0.15) is 10.8 Å². The number of hydrogen-bond donors (Lipinski definition) is 2. The summed E-state index contributed by atoms with van der Waals surface area (Å²) in [6.07, 6.45) is 0. The summed E-state index contributed by atoms with van der Waals surface area (Å²) in [5, 5.41) is 4.31. The number of nitrogens with zero attached hydrogens (tertiary/aromatic N) is 2. The molecule has 1 aromatic heterocycles. The van der Waals surface area contributed by atoms with Gasteiger partial charge in [-0.2, -0.15) is 4.37 Å². The third kappa shape index (κ3) is 3.20. The molecule has 1 aromatic rings. The highest BCUT2D eigenvalue weighted by Gasteiger charge is 2.04. The number of likely N-dealkylation sites (N-methyl/N-ethyl adjacent to an activating group) is 1. The molecule has 0 bridgehead atoms. The zero-order valence-corrected chi connectivity index (χ0v) is 9.06. The first kappa shape index (κ1) is 10.3. The summed E-state index contributed by atoms with van der Waals surface area (Å²) in [7, 11) is 4.13. The third-order valence-corrected chi connectivity index (χ3v) is 2.74. The topological polar surface area (TPSA) is 54.2 Å². The van der Waals surface area contributed by atoms with Crippen molar-refractivity contribution in [2.24, 2.45) is 0 Å². The van der Waals surface area contributed by atoms with Crippen LogP contribution < -0.4 is 11.1 Å². The second-order valence-electron chi connectivity index (χ2n) is 3.31. The molecule has 0 aliphatic heterocycles. The van der Waals surface area contributed by atoms with E-state index in [4.69, 9.17) is 5.73 Å². The highest BCUT2D eigenvalue weighted by atomic mass is 32.1. The van der Waals surface area contributed by atoms with Crippen LogP contribution >= 0.6 is 11.5 Å². The maximum absolute atomic E-state index is 5.49. The molecule has 1 heterocycles. The van der Waals surface area contributed by atoms with E-state index in [1.54, 1.807) is 0 Å². The van der Waals surface area contributed by atoms with E-state index in [1.165, 1.54) is 11.5 Å². The van der Waals surface area contributed by atoms with E-state index in [9.17, 15) is 0 Å². The fourth-order valence-electron chi connectivity index (χ4n) is 0.803. The molecular formula is C8H16N4S. The van der Waals surface area contributed by atoms with Crippen LogP contribution in [-0.2, 0) is 0 Å². The molecule has 0 aliphatic carbocycles. The number of anilines is 2. The van der Waals surface area contributed by atoms with E-state index in [-0.39, 0.29) is 0 Å². The maximum atomic E-state index is 5.49. The van der Waals surface area contributed by atoms with Crippen molar-refractivity contribution < 1.29 is 0 Å². The fraction of sp³-hybridized carbons (Fsp3) is 0.625. The molecule has 0 fully saturated rings. The van der Waals surface area contributed by atoms with E-state index in [2.05, 4.69) is 35.6 Å². The number of nitrogen functional groups attached to an aromatic ring is 1. The van der Waals surface area contributed by atoms with Gasteiger partial charge in [-0.1, -0.05) is 0 Å². The van der Waals surface area contributed by atoms with Crippen LogP contribution in [0.3, 0.4) is 0 Å². The zero-order valence-electron chi connectivity index (χ0n) is 8.24. The Labute approximate surface area is 82.9 Å². The van der Waals surface area contributed by atoms with E-state index >= 15 is 0 Å². The summed E-state index contributed by atoms with van der Waals surface area (Å²) in [6, 6.07) is 2.36.